The van der Waals surface area contributed by atoms with Crippen molar-refractivity contribution in [1.82, 2.24) is 5.32 Å². The van der Waals surface area contributed by atoms with Crippen molar-refractivity contribution >= 4 is 22.9 Å². The molecule has 2 rings (SSSR count). The fourth-order valence-corrected chi connectivity index (χ4v) is 2.65. The minimum absolute atomic E-state index is 0.0654. The molecular weight excluding hydrogens is 301 g/mol. The molecule has 0 saturated heterocycles. The standard InChI is InChI=1S/C14H13F3N2OS/c1-8-6-21-7-10(8)5-19-13(20)9-2-3-12(18)11(4-9)14(15,16)17/h2-4,6-7H,5,18H2,1H3,(H,19,20). The molecule has 0 fully saturated rings. The summed E-state index contributed by atoms with van der Waals surface area (Å²) >= 11 is 1.50. The van der Waals surface area contributed by atoms with E-state index in [2.05, 4.69) is 5.32 Å². The van der Waals surface area contributed by atoms with E-state index in [0.29, 0.717) is 0 Å². The van der Waals surface area contributed by atoms with Gasteiger partial charge in [-0.05, 0) is 47.0 Å². The molecule has 0 unspecified atom stereocenters. The van der Waals surface area contributed by atoms with Crippen LogP contribution in [-0.4, -0.2) is 5.91 Å². The SMILES string of the molecule is Cc1cscc1CNC(=O)c1ccc(N)c(C(F)(F)F)c1. The lowest BCUT2D eigenvalue weighted by atomic mass is 10.1. The average Bonchev–Trinajstić information content (AvgIpc) is 2.80. The summed E-state index contributed by atoms with van der Waals surface area (Å²) < 4.78 is 38.2. The number of benzene rings is 1. The van der Waals surface area contributed by atoms with Crippen LogP contribution in [-0.2, 0) is 12.7 Å². The number of nitrogens with one attached hydrogen (secondary N) is 1. The van der Waals surface area contributed by atoms with E-state index >= 15 is 0 Å². The number of hydrogen-bond acceptors (Lipinski definition) is 3. The van der Waals surface area contributed by atoms with Gasteiger partial charge in [-0.15, -0.1) is 0 Å². The number of rotatable bonds is 3. The third-order valence-corrected chi connectivity index (χ3v) is 3.93. The van der Waals surface area contributed by atoms with E-state index in [9.17, 15) is 18.0 Å². The number of amides is 1. The first-order chi connectivity index (χ1) is 9.79. The molecule has 1 aromatic carbocycles. The Hall–Kier alpha value is -2.02. The van der Waals surface area contributed by atoms with Crippen LogP contribution in [0.4, 0.5) is 18.9 Å². The van der Waals surface area contributed by atoms with Gasteiger partial charge in [0.25, 0.3) is 5.91 Å². The van der Waals surface area contributed by atoms with Gasteiger partial charge in [0, 0.05) is 17.8 Å². The van der Waals surface area contributed by atoms with Crippen LogP contribution in [0.2, 0.25) is 0 Å². The van der Waals surface area contributed by atoms with Gasteiger partial charge in [-0.1, -0.05) is 0 Å². The summed E-state index contributed by atoms with van der Waals surface area (Å²) in [7, 11) is 0. The minimum Gasteiger partial charge on any atom is -0.398 e. The molecule has 7 heteroatoms. The molecule has 0 radical (unpaired) electrons. The lowest BCUT2D eigenvalue weighted by Gasteiger charge is -2.12. The van der Waals surface area contributed by atoms with E-state index in [0.717, 1.165) is 23.3 Å². The first kappa shape index (κ1) is 15.4. The summed E-state index contributed by atoms with van der Waals surface area (Å²) in [5.74, 6) is -0.564. The Kier molecular flexibility index (Phi) is 4.22. The van der Waals surface area contributed by atoms with Crippen LogP contribution in [0.1, 0.15) is 27.0 Å². The third kappa shape index (κ3) is 3.55. The van der Waals surface area contributed by atoms with Crippen molar-refractivity contribution in [1.29, 1.82) is 0 Å². The van der Waals surface area contributed by atoms with Gasteiger partial charge in [0.1, 0.15) is 0 Å². The number of nitrogens with two attached hydrogens (primary N) is 1. The zero-order chi connectivity index (χ0) is 15.6. The molecule has 0 saturated carbocycles. The molecule has 0 aliphatic carbocycles. The van der Waals surface area contributed by atoms with Crippen molar-refractivity contribution in [3.63, 3.8) is 0 Å². The Morgan fingerprint density at radius 3 is 2.62 bits per heavy atom. The molecule has 3 N–H and O–H groups in total. The van der Waals surface area contributed by atoms with Crippen molar-refractivity contribution in [2.75, 3.05) is 5.73 Å². The van der Waals surface area contributed by atoms with Crippen LogP contribution >= 0.6 is 11.3 Å². The largest absolute Gasteiger partial charge is 0.418 e. The molecule has 0 bridgehead atoms. The molecule has 21 heavy (non-hydrogen) atoms. The highest BCUT2D eigenvalue weighted by molar-refractivity contribution is 7.08. The highest BCUT2D eigenvalue weighted by Crippen LogP contribution is 2.34. The van der Waals surface area contributed by atoms with Crippen LogP contribution in [0.25, 0.3) is 0 Å². The summed E-state index contributed by atoms with van der Waals surface area (Å²) in [4.78, 5) is 11.9. The summed E-state index contributed by atoms with van der Waals surface area (Å²) in [5.41, 5.74) is 5.82. The number of aryl methyl sites for hydroxylation is 1. The van der Waals surface area contributed by atoms with Crippen molar-refractivity contribution in [2.45, 2.75) is 19.6 Å². The average molecular weight is 314 g/mol. The van der Waals surface area contributed by atoms with Crippen LogP contribution in [0.15, 0.2) is 29.0 Å². The van der Waals surface area contributed by atoms with Crippen LogP contribution in [0.5, 0.6) is 0 Å². The number of carbonyl (C=O) groups is 1. The number of carbonyl (C=O) groups excluding carboxylic acids is 1. The van der Waals surface area contributed by atoms with Gasteiger partial charge in [0.15, 0.2) is 0 Å². The third-order valence-electron chi connectivity index (χ3n) is 3.02. The number of nitrogen functional groups attached to an aromatic ring is 1. The van der Waals surface area contributed by atoms with Gasteiger partial charge in [-0.2, -0.15) is 24.5 Å². The number of thiophene rings is 1. The fourth-order valence-electron chi connectivity index (χ4n) is 1.79. The second-order valence-electron chi connectivity index (χ2n) is 4.56. The number of anilines is 1. The highest BCUT2D eigenvalue weighted by Gasteiger charge is 2.33. The summed E-state index contributed by atoms with van der Waals surface area (Å²) in [5, 5.41) is 6.43. The van der Waals surface area contributed by atoms with E-state index in [1.165, 1.54) is 17.4 Å². The van der Waals surface area contributed by atoms with E-state index in [4.69, 9.17) is 5.73 Å². The van der Waals surface area contributed by atoms with E-state index in [1.54, 1.807) is 0 Å². The Morgan fingerprint density at radius 2 is 2.05 bits per heavy atom. The normalized spacial score (nSPS) is 11.4. The molecule has 1 amide bonds. The molecular formula is C14H13F3N2OS. The summed E-state index contributed by atoms with van der Waals surface area (Å²) in [6, 6.07) is 3.14. The quantitative estimate of drug-likeness (QED) is 0.851. The lowest BCUT2D eigenvalue weighted by Crippen LogP contribution is -2.23. The Morgan fingerprint density at radius 1 is 1.33 bits per heavy atom. The molecule has 112 valence electrons. The minimum atomic E-state index is -4.58. The maximum atomic E-state index is 12.7. The fraction of sp³-hybridized carbons (Fsp3) is 0.214. The van der Waals surface area contributed by atoms with Gasteiger partial charge >= 0.3 is 6.18 Å². The zero-order valence-electron chi connectivity index (χ0n) is 11.1. The Labute approximate surface area is 123 Å². The molecule has 0 aliphatic rings. The topological polar surface area (TPSA) is 55.1 Å². The van der Waals surface area contributed by atoms with Crippen molar-refractivity contribution in [3.8, 4) is 0 Å². The predicted octanol–water partition coefficient (Wildman–Crippen LogP) is 3.59. The van der Waals surface area contributed by atoms with Gasteiger partial charge < -0.3 is 11.1 Å². The molecule has 0 spiro atoms. The van der Waals surface area contributed by atoms with Gasteiger partial charge in [-0.3, -0.25) is 4.79 Å². The van der Waals surface area contributed by atoms with Crippen molar-refractivity contribution in [2.24, 2.45) is 0 Å². The molecule has 1 heterocycles. The monoisotopic (exact) mass is 314 g/mol. The van der Waals surface area contributed by atoms with Crippen molar-refractivity contribution < 1.29 is 18.0 Å². The first-order valence-corrected chi connectivity index (χ1v) is 7.00. The number of hydrogen-bond donors (Lipinski definition) is 2. The second kappa shape index (κ2) is 5.77. The Bertz CT molecular complexity index is 664. The Balaban J connectivity index is 2.15. The van der Waals surface area contributed by atoms with Crippen molar-refractivity contribution in [3.05, 3.63) is 51.2 Å². The number of alkyl halides is 3. The lowest BCUT2D eigenvalue weighted by molar-refractivity contribution is -0.136. The summed E-state index contributed by atoms with van der Waals surface area (Å²) in [6.07, 6.45) is -4.58. The summed E-state index contributed by atoms with van der Waals surface area (Å²) in [6.45, 7) is 2.18. The highest BCUT2D eigenvalue weighted by atomic mass is 32.1. The van der Waals surface area contributed by atoms with Crippen LogP contribution < -0.4 is 11.1 Å². The molecule has 2 aromatic rings. The van der Waals surface area contributed by atoms with Gasteiger partial charge in [0.05, 0.1) is 5.56 Å². The zero-order valence-corrected chi connectivity index (χ0v) is 11.9. The predicted molar refractivity (Wildman–Crippen MR) is 76.1 cm³/mol. The number of halogens is 3. The van der Waals surface area contributed by atoms with E-state index < -0.39 is 23.3 Å². The van der Waals surface area contributed by atoms with E-state index in [1.807, 2.05) is 17.7 Å². The second-order valence-corrected chi connectivity index (χ2v) is 5.31. The van der Waals surface area contributed by atoms with Crippen LogP contribution in [0.3, 0.4) is 0 Å². The van der Waals surface area contributed by atoms with Crippen LogP contribution in [0, 0.1) is 6.92 Å². The maximum Gasteiger partial charge on any atom is 0.418 e. The molecule has 0 aliphatic heterocycles. The smallest absolute Gasteiger partial charge is 0.398 e. The van der Waals surface area contributed by atoms with E-state index in [-0.39, 0.29) is 12.1 Å². The molecule has 0 atom stereocenters. The molecule has 3 nitrogen and oxygen atoms in total. The maximum absolute atomic E-state index is 12.7. The molecule has 1 aromatic heterocycles. The van der Waals surface area contributed by atoms with Gasteiger partial charge in [0.2, 0.25) is 0 Å². The van der Waals surface area contributed by atoms with Gasteiger partial charge in [-0.25, -0.2) is 0 Å². The first-order valence-electron chi connectivity index (χ1n) is 6.05.